The summed E-state index contributed by atoms with van der Waals surface area (Å²) < 4.78 is 3.43. The monoisotopic (exact) mass is 385 g/mol. The highest BCUT2D eigenvalue weighted by atomic mass is 127. The van der Waals surface area contributed by atoms with Gasteiger partial charge in [-0.15, -0.1) is 0 Å². The third-order valence-corrected chi connectivity index (χ3v) is 4.93. The van der Waals surface area contributed by atoms with Crippen LogP contribution in [0.4, 0.5) is 5.95 Å². The Kier molecular flexibility index (Phi) is 3.31. The van der Waals surface area contributed by atoms with Crippen LogP contribution in [-0.2, 0) is 0 Å². The molecule has 2 aromatic heterocycles. The number of fused-ring (bicyclic) bond motifs is 1. The van der Waals surface area contributed by atoms with Gasteiger partial charge in [0.05, 0.1) is 35.2 Å². The number of aromatic nitrogens is 4. The van der Waals surface area contributed by atoms with Gasteiger partial charge in [-0.05, 0) is 18.8 Å². The molecule has 1 aliphatic rings. The van der Waals surface area contributed by atoms with E-state index in [2.05, 4.69) is 28.8 Å². The summed E-state index contributed by atoms with van der Waals surface area (Å²) in [6.07, 6.45) is 3.85. The molecule has 3 rings (SSSR count). The van der Waals surface area contributed by atoms with Crippen molar-refractivity contribution in [2.75, 3.05) is 12.4 Å². The Labute approximate surface area is 130 Å². The van der Waals surface area contributed by atoms with Gasteiger partial charge in [-0.2, -0.15) is 4.98 Å². The van der Waals surface area contributed by atoms with Crippen LogP contribution >= 0.6 is 22.9 Å². The molecular weight excluding hydrogens is 369 g/mol. The molecule has 7 heteroatoms. The largest absolute Gasteiger partial charge is 0.358 e. The quantitative estimate of drug-likeness (QED) is 0.637. The van der Waals surface area contributed by atoms with Crippen LogP contribution in [0.5, 0.6) is 0 Å². The van der Waals surface area contributed by atoms with Gasteiger partial charge < -0.3 is 9.88 Å². The molecule has 0 saturated heterocycles. The number of rotatable bonds is 2. The number of nitrogens with zero attached hydrogens (tertiary/aromatic N) is 4. The third kappa shape index (κ3) is 1.87. The number of halogens is 1. The van der Waals surface area contributed by atoms with E-state index >= 15 is 0 Å². The number of nitrogens with one attached hydrogen (secondary N) is 1. The van der Waals surface area contributed by atoms with Crippen LogP contribution in [-0.4, -0.2) is 24.4 Å². The second-order valence-corrected chi connectivity index (χ2v) is 6.13. The van der Waals surface area contributed by atoms with Gasteiger partial charge in [-0.25, -0.2) is 7.76 Å². The van der Waals surface area contributed by atoms with Crippen molar-refractivity contribution in [3.8, 4) is 0 Å². The number of hydrogen-bond donors (Lipinski definition) is 1. The Balaban J connectivity index is 2.21. The summed E-state index contributed by atoms with van der Waals surface area (Å²) in [4.78, 5) is 21.0. The Morgan fingerprint density at radius 1 is 1.50 bits per heavy atom. The maximum absolute atomic E-state index is 12.3. The normalized spacial score (nSPS) is 22.6. The van der Waals surface area contributed by atoms with Gasteiger partial charge in [0.1, 0.15) is 0 Å². The fourth-order valence-electron chi connectivity index (χ4n) is 2.76. The molecule has 106 valence electrons. The van der Waals surface area contributed by atoms with E-state index in [1.54, 1.807) is 13.4 Å². The van der Waals surface area contributed by atoms with Gasteiger partial charge in [0.25, 0.3) is 5.56 Å². The topological polar surface area (TPSA) is 64.7 Å². The fourth-order valence-corrected chi connectivity index (χ4v) is 3.33. The molecule has 0 aliphatic heterocycles. The highest BCUT2D eigenvalue weighted by molar-refractivity contribution is 14.1. The molecule has 0 aromatic carbocycles. The van der Waals surface area contributed by atoms with Gasteiger partial charge in [0.2, 0.25) is 5.95 Å². The van der Waals surface area contributed by atoms with Gasteiger partial charge in [-0.3, -0.25) is 4.79 Å². The van der Waals surface area contributed by atoms with E-state index in [1.807, 2.05) is 27.4 Å². The minimum absolute atomic E-state index is 0.143. The van der Waals surface area contributed by atoms with Crippen molar-refractivity contribution in [2.45, 2.75) is 25.8 Å². The predicted molar refractivity (Wildman–Crippen MR) is 87.3 cm³/mol. The average Bonchev–Trinajstić information content (AvgIpc) is 2.99. The zero-order chi connectivity index (χ0) is 14.4. The second kappa shape index (κ2) is 4.87. The van der Waals surface area contributed by atoms with E-state index in [4.69, 9.17) is 0 Å². The van der Waals surface area contributed by atoms with Crippen LogP contribution in [0.2, 0.25) is 0 Å². The first kappa shape index (κ1) is 13.6. The van der Waals surface area contributed by atoms with Crippen molar-refractivity contribution >= 4 is 40.0 Å². The summed E-state index contributed by atoms with van der Waals surface area (Å²) in [6, 6.07) is 0.191. The summed E-state index contributed by atoms with van der Waals surface area (Å²) in [5.41, 5.74) is 2.09. The van der Waals surface area contributed by atoms with E-state index < -0.39 is 0 Å². The fraction of sp³-hybridized carbons (Fsp3) is 0.462. The summed E-state index contributed by atoms with van der Waals surface area (Å²) in [6.45, 7) is 6.37. The Hall–Kier alpha value is -1.38. The zero-order valence-corrected chi connectivity index (χ0v) is 13.6. The third-order valence-electron chi connectivity index (χ3n) is 4.04. The van der Waals surface area contributed by atoms with Crippen molar-refractivity contribution in [1.82, 2.24) is 17.3 Å². The molecule has 2 heterocycles. The minimum Gasteiger partial charge on any atom is -0.358 e. The smallest absolute Gasteiger partial charge is 0.292 e. The number of imidazole rings is 1. The molecule has 2 atom stereocenters. The SMILES string of the molecule is C=C1C(C)CCC1n1cnc2c(=O)n(I)c(NC)nc21. The Morgan fingerprint density at radius 3 is 2.85 bits per heavy atom. The van der Waals surface area contributed by atoms with Gasteiger partial charge in [0.15, 0.2) is 11.2 Å². The van der Waals surface area contributed by atoms with Gasteiger partial charge in [0, 0.05) is 7.05 Å². The number of hydrogen-bond acceptors (Lipinski definition) is 4. The first-order valence-corrected chi connectivity index (χ1v) is 7.53. The summed E-state index contributed by atoms with van der Waals surface area (Å²) in [5.74, 6) is 1.03. The maximum atomic E-state index is 12.3. The molecule has 20 heavy (non-hydrogen) atoms. The number of anilines is 1. The van der Waals surface area contributed by atoms with Crippen molar-refractivity contribution in [2.24, 2.45) is 5.92 Å². The van der Waals surface area contributed by atoms with Crippen LogP contribution < -0.4 is 10.9 Å². The van der Waals surface area contributed by atoms with E-state index in [0.29, 0.717) is 23.0 Å². The van der Waals surface area contributed by atoms with Crippen molar-refractivity contribution in [1.29, 1.82) is 0 Å². The van der Waals surface area contributed by atoms with E-state index in [-0.39, 0.29) is 11.6 Å². The van der Waals surface area contributed by atoms with E-state index in [9.17, 15) is 4.79 Å². The molecule has 1 aliphatic carbocycles. The molecule has 0 bridgehead atoms. The molecule has 1 fully saturated rings. The van der Waals surface area contributed by atoms with Gasteiger partial charge >= 0.3 is 0 Å². The van der Waals surface area contributed by atoms with Crippen LogP contribution in [0.1, 0.15) is 25.8 Å². The molecule has 0 amide bonds. The summed E-state index contributed by atoms with van der Waals surface area (Å²) in [7, 11) is 1.75. The second-order valence-electron chi connectivity index (χ2n) is 5.16. The molecule has 1 N–H and O–H groups in total. The molecule has 0 spiro atoms. The maximum Gasteiger partial charge on any atom is 0.292 e. The van der Waals surface area contributed by atoms with E-state index in [0.717, 1.165) is 12.8 Å². The van der Waals surface area contributed by atoms with Crippen molar-refractivity contribution in [3.05, 3.63) is 28.8 Å². The zero-order valence-electron chi connectivity index (χ0n) is 11.4. The molecule has 6 nitrogen and oxygen atoms in total. The van der Waals surface area contributed by atoms with Crippen LogP contribution in [0.25, 0.3) is 11.2 Å². The average molecular weight is 385 g/mol. The molecule has 1 saturated carbocycles. The van der Waals surface area contributed by atoms with E-state index in [1.165, 1.54) is 8.35 Å². The lowest BCUT2D eigenvalue weighted by atomic mass is 10.1. The lowest BCUT2D eigenvalue weighted by Gasteiger charge is -2.15. The first-order valence-electron chi connectivity index (χ1n) is 6.56. The summed E-state index contributed by atoms with van der Waals surface area (Å²) in [5, 5.41) is 2.94. The molecule has 2 aromatic rings. The standard InChI is InChI=1S/C13H16IN5O/c1-7-4-5-9(8(7)2)18-6-16-10-11(18)17-13(15-3)19(14)12(10)20/h6-7,9H,2,4-5H2,1,3H3,(H,15,17). The lowest BCUT2D eigenvalue weighted by molar-refractivity contribution is 0.597. The Morgan fingerprint density at radius 2 is 2.25 bits per heavy atom. The van der Waals surface area contributed by atoms with Crippen LogP contribution in [0.3, 0.4) is 0 Å². The molecular formula is C13H16IN5O. The van der Waals surface area contributed by atoms with Crippen LogP contribution in [0, 0.1) is 5.92 Å². The Bertz CT molecular complexity index is 747. The van der Waals surface area contributed by atoms with Crippen molar-refractivity contribution in [3.63, 3.8) is 0 Å². The van der Waals surface area contributed by atoms with Gasteiger partial charge in [-0.1, -0.05) is 19.1 Å². The van der Waals surface area contributed by atoms with Crippen molar-refractivity contribution < 1.29 is 0 Å². The highest BCUT2D eigenvalue weighted by Crippen LogP contribution is 2.39. The number of allylic oxidation sites excluding steroid dienone is 1. The first-order chi connectivity index (χ1) is 9.54. The minimum atomic E-state index is -0.143. The highest BCUT2D eigenvalue weighted by Gasteiger charge is 2.29. The molecule has 2 unspecified atom stereocenters. The predicted octanol–water partition coefficient (Wildman–Crippen LogP) is 2.36. The van der Waals surface area contributed by atoms with Crippen LogP contribution in [0.15, 0.2) is 23.3 Å². The lowest BCUT2D eigenvalue weighted by Crippen LogP contribution is -2.18. The molecule has 0 radical (unpaired) electrons. The summed E-state index contributed by atoms with van der Waals surface area (Å²) >= 11 is 1.93.